The summed E-state index contributed by atoms with van der Waals surface area (Å²) in [7, 11) is -1.26. The first-order valence-corrected chi connectivity index (χ1v) is 12.2. The van der Waals surface area contributed by atoms with Gasteiger partial charge in [0.25, 0.3) is 5.91 Å². The maximum absolute atomic E-state index is 14.2. The molecule has 1 unspecified atom stereocenters. The van der Waals surface area contributed by atoms with E-state index in [1.54, 1.807) is 6.07 Å². The number of rotatable bonds is 7. The van der Waals surface area contributed by atoms with Gasteiger partial charge in [0.1, 0.15) is 5.03 Å². The van der Waals surface area contributed by atoms with Gasteiger partial charge in [-0.2, -0.15) is 0 Å². The van der Waals surface area contributed by atoms with Gasteiger partial charge < -0.3 is 4.90 Å². The van der Waals surface area contributed by atoms with Gasteiger partial charge >= 0.3 is 0 Å². The number of anilines is 1. The summed E-state index contributed by atoms with van der Waals surface area (Å²) in [5.41, 5.74) is 3.09. The van der Waals surface area contributed by atoms with E-state index in [4.69, 9.17) is 0 Å². The lowest BCUT2D eigenvalue weighted by atomic mass is 9.99. The minimum absolute atomic E-state index is 0.125. The second-order valence-electron chi connectivity index (χ2n) is 7.50. The SMILES string of the molecule is CC[C@@H](c1ccccc1)N(C(=O)c1cc(S(=O)CC)nc2ccccc12)c1ccccc1. The fraction of sp³-hybridized carbons (Fsp3) is 0.185. The van der Waals surface area contributed by atoms with Crippen LogP contribution in [-0.4, -0.2) is 20.9 Å². The Balaban J connectivity index is 1.92. The maximum Gasteiger partial charge on any atom is 0.259 e. The van der Waals surface area contributed by atoms with Crippen molar-refractivity contribution < 1.29 is 9.00 Å². The quantitative estimate of drug-likeness (QED) is 0.344. The van der Waals surface area contributed by atoms with Crippen LogP contribution in [0.4, 0.5) is 5.69 Å². The van der Waals surface area contributed by atoms with Crippen molar-refractivity contribution in [3.8, 4) is 0 Å². The number of benzene rings is 3. The normalized spacial score (nSPS) is 12.9. The van der Waals surface area contributed by atoms with E-state index >= 15 is 0 Å². The Morgan fingerprint density at radius 3 is 2.19 bits per heavy atom. The molecule has 1 amide bonds. The van der Waals surface area contributed by atoms with Crippen molar-refractivity contribution in [2.24, 2.45) is 0 Å². The Labute approximate surface area is 191 Å². The zero-order valence-electron chi connectivity index (χ0n) is 18.3. The Morgan fingerprint density at radius 2 is 1.53 bits per heavy atom. The number of fused-ring (bicyclic) bond motifs is 1. The van der Waals surface area contributed by atoms with E-state index < -0.39 is 10.8 Å². The van der Waals surface area contributed by atoms with Crippen LogP contribution in [0.25, 0.3) is 10.9 Å². The van der Waals surface area contributed by atoms with Crippen LogP contribution in [-0.2, 0) is 10.8 Å². The van der Waals surface area contributed by atoms with Gasteiger partial charge in [-0.3, -0.25) is 9.00 Å². The van der Waals surface area contributed by atoms with Crippen LogP contribution in [0.3, 0.4) is 0 Å². The van der Waals surface area contributed by atoms with Crippen molar-refractivity contribution in [2.75, 3.05) is 10.7 Å². The summed E-state index contributed by atoms with van der Waals surface area (Å²) < 4.78 is 12.6. The third kappa shape index (κ3) is 4.34. The molecule has 4 rings (SSSR count). The van der Waals surface area contributed by atoms with Gasteiger partial charge in [0.2, 0.25) is 0 Å². The average Bonchev–Trinajstić information content (AvgIpc) is 2.86. The minimum Gasteiger partial charge on any atom is -0.301 e. The van der Waals surface area contributed by atoms with E-state index in [0.717, 1.165) is 23.1 Å². The number of amides is 1. The van der Waals surface area contributed by atoms with Gasteiger partial charge in [0.15, 0.2) is 0 Å². The molecule has 0 aliphatic rings. The molecule has 162 valence electrons. The van der Waals surface area contributed by atoms with Crippen LogP contribution in [0.5, 0.6) is 0 Å². The fourth-order valence-electron chi connectivity index (χ4n) is 3.99. The van der Waals surface area contributed by atoms with Crippen molar-refractivity contribution in [1.82, 2.24) is 4.98 Å². The van der Waals surface area contributed by atoms with Gasteiger partial charge in [-0.1, -0.05) is 80.6 Å². The van der Waals surface area contributed by atoms with Crippen molar-refractivity contribution in [2.45, 2.75) is 31.3 Å². The lowest BCUT2D eigenvalue weighted by Crippen LogP contribution is -2.35. The van der Waals surface area contributed by atoms with E-state index in [-0.39, 0.29) is 11.9 Å². The third-order valence-corrected chi connectivity index (χ3v) is 6.75. The summed E-state index contributed by atoms with van der Waals surface area (Å²) in [5, 5.41) is 1.20. The summed E-state index contributed by atoms with van der Waals surface area (Å²) in [5.74, 6) is 0.322. The average molecular weight is 443 g/mol. The predicted molar refractivity (Wildman–Crippen MR) is 131 cm³/mol. The molecule has 1 aromatic heterocycles. The molecule has 0 fully saturated rings. The van der Waals surface area contributed by atoms with Gasteiger partial charge in [-0.05, 0) is 36.2 Å². The topological polar surface area (TPSA) is 50.3 Å². The van der Waals surface area contributed by atoms with E-state index in [9.17, 15) is 9.00 Å². The second kappa shape index (κ2) is 9.88. The highest BCUT2D eigenvalue weighted by Crippen LogP contribution is 2.33. The zero-order chi connectivity index (χ0) is 22.5. The molecule has 0 saturated carbocycles. The largest absolute Gasteiger partial charge is 0.301 e. The molecule has 2 atom stereocenters. The number of hydrogen-bond donors (Lipinski definition) is 0. The number of hydrogen-bond acceptors (Lipinski definition) is 3. The molecular weight excluding hydrogens is 416 g/mol. The van der Waals surface area contributed by atoms with Crippen LogP contribution < -0.4 is 4.90 Å². The molecule has 3 aromatic carbocycles. The standard InChI is InChI=1S/C27H26N2O2S/c1-3-25(20-13-7-5-8-14-20)29(21-15-9-6-10-16-21)27(30)23-19-26(32(31)4-2)28-24-18-12-11-17-22(23)24/h5-19,25H,3-4H2,1-2H3/t25-,32?/m0/s1. The van der Waals surface area contributed by atoms with Crippen molar-refractivity contribution in [3.63, 3.8) is 0 Å². The van der Waals surface area contributed by atoms with Gasteiger partial charge in [-0.25, -0.2) is 4.98 Å². The molecule has 5 heteroatoms. The third-order valence-electron chi connectivity index (χ3n) is 5.55. The molecule has 4 aromatic rings. The maximum atomic E-state index is 14.2. The number of para-hydroxylation sites is 2. The summed E-state index contributed by atoms with van der Waals surface area (Å²) in [4.78, 5) is 20.6. The van der Waals surface area contributed by atoms with Gasteiger partial charge in [0, 0.05) is 16.8 Å². The number of nitrogens with zero attached hydrogens (tertiary/aromatic N) is 2. The number of aromatic nitrogens is 1. The minimum atomic E-state index is -1.26. The molecule has 0 aliphatic carbocycles. The Hall–Kier alpha value is -3.31. The van der Waals surface area contributed by atoms with E-state index in [1.807, 2.05) is 84.6 Å². The highest BCUT2D eigenvalue weighted by molar-refractivity contribution is 7.84. The second-order valence-corrected chi connectivity index (χ2v) is 9.19. The van der Waals surface area contributed by atoms with Crippen molar-refractivity contribution >= 4 is 33.3 Å². The van der Waals surface area contributed by atoms with Crippen LogP contribution in [0.1, 0.15) is 42.2 Å². The summed E-state index contributed by atoms with van der Waals surface area (Å²) in [6, 6.07) is 28.9. The summed E-state index contributed by atoms with van der Waals surface area (Å²) in [6.45, 7) is 3.94. The molecule has 1 heterocycles. The van der Waals surface area contributed by atoms with Crippen LogP contribution in [0.15, 0.2) is 96.0 Å². The molecule has 0 radical (unpaired) electrons. The highest BCUT2D eigenvalue weighted by Gasteiger charge is 2.28. The zero-order valence-corrected chi connectivity index (χ0v) is 19.1. The van der Waals surface area contributed by atoms with Crippen LogP contribution in [0, 0.1) is 0 Å². The van der Waals surface area contributed by atoms with Crippen molar-refractivity contribution in [3.05, 3.63) is 102 Å². The first-order chi connectivity index (χ1) is 15.6. The lowest BCUT2D eigenvalue weighted by molar-refractivity contribution is 0.0977. The van der Waals surface area contributed by atoms with Crippen LogP contribution >= 0.6 is 0 Å². The first-order valence-electron chi connectivity index (χ1n) is 10.9. The predicted octanol–water partition coefficient (Wildman–Crippen LogP) is 6.16. The molecule has 4 nitrogen and oxygen atoms in total. The number of pyridine rings is 1. The molecule has 0 bridgehead atoms. The van der Waals surface area contributed by atoms with E-state index in [0.29, 0.717) is 21.9 Å². The van der Waals surface area contributed by atoms with Gasteiger partial charge in [-0.15, -0.1) is 0 Å². The Bertz CT molecular complexity index is 1240. The first kappa shape index (κ1) is 21.9. The molecule has 0 N–H and O–H groups in total. The van der Waals surface area contributed by atoms with Gasteiger partial charge in [0.05, 0.1) is 27.9 Å². The summed E-state index contributed by atoms with van der Waals surface area (Å²) in [6.07, 6.45) is 0.751. The fourth-order valence-corrected chi connectivity index (χ4v) is 4.74. The highest BCUT2D eigenvalue weighted by atomic mass is 32.2. The molecule has 32 heavy (non-hydrogen) atoms. The molecular formula is C27H26N2O2S. The Morgan fingerprint density at radius 1 is 0.906 bits per heavy atom. The monoisotopic (exact) mass is 442 g/mol. The van der Waals surface area contributed by atoms with Crippen LogP contribution in [0.2, 0.25) is 0 Å². The molecule has 0 aliphatic heterocycles. The number of carbonyl (C=O) groups is 1. The number of carbonyl (C=O) groups excluding carboxylic acids is 1. The van der Waals surface area contributed by atoms with Crippen molar-refractivity contribution in [1.29, 1.82) is 0 Å². The lowest BCUT2D eigenvalue weighted by Gasteiger charge is -2.32. The smallest absolute Gasteiger partial charge is 0.259 e. The molecule has 0 spiro atoms. The summed E-state index contributed by atoms with van der Waals surface area (Å²) >= 11 is 0. The van der Waals surface area contributed by atoms with E-state index in [1.165, 1.54) is 0 Å². The molecule has 0 saturated heterocycles. The van der Waals surface area contributed by atoms with E-state index in [2.05, 4.69) is 24.0 Å². The Kier molecular flexibility index (Phi) is 6.76.